The van der Waals surface area contributed by atoms with Crippen molar-refractivity contribution in [2.45, 2.75) is 25.6 Å². The fraction of sp³-hybridized carbons (Fsp3) is 0.393. The summed E-state index contributed by atoms with van der Waals surface area (Å²) in [4.78, 5) is 19.6. The third kappa shape index (κ3) is 6.13. The summed E-state index contributed by atoms with van der Waals surface area (Å²) in [7, 11) is 2.72. The highest BCUT2D eigenvalue weighted by Gasteiger charge is 2.30. The average Bonchev–Trinajstić information content (AvgIpc) is 3.61. The molecule has 0 amide bonds. The predicted molar refractivity (Wildman–Crippen MR) is 142 cm³/mol. The number of carbonyl (C=O) groups excluding carboxylic acids is 1. The molecule has 0 spiro atoms. The van der Waals surface area contributed by atoms with Gasteiger partial charge < -0.3 is 14.2 Å². The van der Waals surface area contributed by atoms with Crippen molar-refractivity contribution in [3.05, 3.63) is 54.6 Å². The Morgan fingerprint density at radius 2 is 1.75 bits per heavy atom. The largest absolute Gasteiger partial charge is 0.496 e. The maximum Gasteiger partial charge on any atom is 0.389 e. The molecular formula is C28H30F3N5O4. The summed E-state index contributed by atoms with van der Waals surface area (Å²) in [6, 6.07) is 9.07. The SMILES string of the molecule is COc1cc(-n2cnc3cc(-c4cnn(CCN5CCOCC5)c4)ccc32)cc(OC)c1C(=O)CCC(F)(F)F. The standard InChI is InChI=1S/C28H30F3N5O4/c1-38-25-14-21(15-26(39-2)27(25)24(37)5-6-28(29,30)31)36-18-32-22-13-19(3-4-23(22)36)20-16-33-35(17-20)8-7-34-9-11-40-12-10-34/h3-4,13-18H,5-12H2,1-2H3. The van der Waals surface area contributed by atoms with E-state index in [0.717, 1.165) is 61.6 Å². The quantitative estimate of drug-likeness (QED) is 0.260. The summed E-state index contributed by atoms with van der Waals surface area (Å²) in [5, 5.41) is 4.51. The molecule has 0 atom stereocenters. The number of hydrogen-bond acceptors (Lipinski definition) is 7. The summed E-state index contributed by atoms with van der Waals surface area (Å²) in [6.07, 6.45) is -0.867. The third-order valence-corrected chi connectivity index (χ3v) is 6.95. The number of benzene rings is 2. The Labute approximate surface area is 229 Å². The van der Waals surface area contributed by atoms with Crippen LogP contribution < -0.4 is 9.47 Å². The number of morpholine rings is 1. The summed E-state index contributed by atoms with van der Waals surface area (Å²) >= 11 is 0. The van der Waals surface area contributed by atoms with Gasteiger partial charge in [-0.3, -0.25) is 18.9 Å². The van der Waals surface area contributed by atoms with E-state index in [2.05, 4.69) is 15.0 Å². The van der Waals surface area contributed by atoms with Gasteiger partial charge in [0.25, 0.3) is 0 Å². The number of ketones is 1. The lowest BCUT2D eigenvalue weighted by atomic mass is 10.0. The molecule has 2 aromatic carbocycles. The van der Waals surface area contributed by atoms with Crippen LogP contribution in [0.15, 0.2) is 49.1 Å². The first-order chi connectivity index (χ1) is 19.3. The molecule has 12 heteroatoms. The van der Waals surface area contributed by atoms with Gasteiger partial charge in [-0.25, -0.2) is 4.98 Å². The highest BCUT2D eigenvalue weighted by molar-refractivity contribution is 6.02. The molecule has 4 aromatic rings. The molecule has 1 aliphatic heterocycles. The second kappa shape index (κ2) is 11.7. The topological polar surface area (TPSA) is 83.6 Å². The number of Topliss-reactive ketones (excluding diaryl/α,β-unsaturated/α-hetero) is 1. The van der Waals surface area contributed by atoms with Crippen LogP contribution in [0.25, 0.3) is 27.8 Å². The van der Waals surface area contributed by atoms with Crippen molar-refractivity contribution in [3.8, 4) is 28.3 Å². The zero-order valence-electron chi connectivity index (χ0n) is 22.3. The van der Waals surface area contributed by atoms with Gasteiger partial charge in [0.05, 0.1) is 63.3 Å². The zero-order chi connectivity index (χ0) is 28.3. The minimum Gasteiger partial charge on any atom is -0.496 e. The number of methoxy groups -OCH3 is 2. The van der Waals surface area contributed by atoms with E-state index in [1.165, 1.54) is 14.2 Å². The van der Waals surface area contributed by atoms with Crippen LogP contribution in [0, 0.1) is 0 Å². The van der Waals surface area contributed by atoms with Gasteiger partial charge in [-0.05, 0) is 17.7 Å². The monoisotopic (exact) mass is 557 g/mol. The van der Waals surface area contributed by atoms with Gasteiger partial charge in [-0.2, -0.15) is 18.3 Å². The Balaban J connectivity index is 1.38. The molecular weight excluding hydrogens is 527 g/mol. The van der Waals surface area contributed by atoms with Crippen molar-refractivity contribution < 1.29 is 32.2 Å². The van der Waals surface area contributed by atoms with E-state index in [4.69, 9.17) is 14.2 Å². The lowest BCUT2D eigenvalue weighted by Gasteiger charge is -2.26. The van der Waals surface area contributed by atoms with Crippen LogP contribution in [-0.2, 0) is 11.3 Å². The zero-order valence-corrected chi connectivity index (χ0v) is 22.3. The Hall–Kier alpha value is -3.90. The van der Waals surface area contributed by atoms with Crippen molar-refractivity contribution in [1.82, 2.24) is 24.2 Å². The summed E-state index contributed by atoms with van der Waals surface area (Å²) in [5.74, 6) is -0.447. The first-order valence-corrected chi connectivity index (χ1v) is 12.9. The number of aromatic nitrogens is 4. The molecule has 1 aliphatic rings. The molecule has 40 heavy (non-hydrogen) atoms. The van der Waals surface area contributed by atoms with Crippen LogP contribution in [-0.4, -0.2) is 83.3 Å². The van der Waals surface area contributed by atoms with Crippen LogP contribution in [0.2, 0.25) is 0 Å². The van der Waals surface area contributed by atoms with Crippen molar-refractivity contribution in [1.29, 1.82) is 0 Å². The van der Waals surface area contributed by atoms with E-state index in [1.807, 2.05) is 35.3 Å². The molecule has 5 rings (SSSR count). The second-order valence-electron chi connectivity index (χ2n) is 9.53. The number of carbonyl (C=O) groups is 1. The maximum atomic E-state index is 12.7. The van der Waals surface area contributed by atoms with Gasteiger partial charge in [-0.1, -0.05) is 6.07 Å². The fourth-order valence-electron chi connectivity index (χ4n) is 4.79. The molecule has 0 aliphatic carbocycles. The van der Waals surface area contributed by atoms with E-state index < -0.39 is 24.8 Å². The average molecular weight is 558 g/mol. The van der Waals surface area contributed by atoms with Crippen LogP contribution in [0.1, 0.15) is 23.2 Å². The van der Waals surface area contributed by atoms with Crippen molar-refractivity contribution >= 4 is 16.8 Å². The number of alkyl halides is 3. The van der Waals surface area contributed by atoms with Crippen LogP contribution >= 0.6 is 0 Å². The molecule has 1 fully saturated rings. The van der Waals surface area contributed by atoms with Crippen LogP contribution in [0.4, 0.5) is 13.2 Å². The van der Waals surface area contributed by atoms with E-state index in [-0.39, 0.29) is 17.1 Å². The molecule has 9 nitrogen and oxygen atoms in total. The minimum absolute atomic E-state index is 0.0182. The van der Waals surface area contributed by atoms with Crippen molar-refractivity contribution in [2.24, 2.45) is 0 Å². The first-order valence-electron chi connectivity index (χ1n) is 12.9. The van der Waals surface area contributed by atoms with E-state index in [9.17, 15) is 18.0 Å². The van der Waals surface area contributed by atoms with E-state index in [1.54, 1.807) is 23.0 Å². The molecule has 212 valence electrons. The minimum atomic E-state index is -4.44. The lowest BCUT2D eigenvalue weighted by Crippen LogP contribution is -2.38. The Bertz CT molecular complexity index is 1470. The van der Waals surface area contributed by atoms with Crippen LogP contribution in [0.3, 0.4) is 0 Å². The molecule has 2 aromatic heterocycles. The molecule has 0 radical (unpaired) electrons. The smallest absolute Gasteiger partial charge is 0.389 e. The maximum absolute atomic E-state index is 12.7. The predicted octanol–water partition coefficient (Wildman–Crippen LogP) is 4.76. The Kier molecular flexibility index (Phi) is 8.08. The van der Waals surface area contributed by atoms with Crippen LogP contribution in [0.5, 0.6) is 11.5 Å². The van der Waals surface area contributed by atoms with Crippen molar-refractivity contribution in [2.75, 3.05) is 47.1 Å². The van der Waals surface area contributed by atoms with Crippen molar-refractivity contribution in [3.63, 3.8) is 0 Å². The second-order valence-corrected chi connectivity index (χ2v) is 9.53. The number of hydrogen-bond donors (Lipinski definition) is 0. The number of fused-ring (bicyclic) bond motifs is 1. The molecule has 0 bridgehead atoms. The molecule has 0 saturated carbocycles. The summed E-state index contributed by atoms with van der Waals surface area (Å²) in [5.41, 5.74) is 4.05. The van der Waals surface area contributed by atoms with Gasteiger partial charge in [0.1, 0.15) is 23.4 Å². The van der Waals surface area contributed by atoms with Gasteiger partial charge >= 0.3 is 6.18 Å². The third-order valence-electron chi connectivity index (χ3n) is 6.95. The number of rotatable bonds is 10. The number of imidazole rings is 1. The van der Waals surface area contributed by atoms with Gasteiger partial charge in [0.15, 0.2) is 5.78 Å². The fourth-order valence-corrected chi connectivity index (χ4v) is 4.79. The number of ether oxygens (including phenoxy) is 3. The molecule has 3 heterocycles. The van der Waals surface area contributed by atoms with Gasteiger partial charge in [0, 0.05) is 49.9 Å². The summed E-state index contributed by atoms with van der Waals surface area (Å²) in [6.45, 7) is 5.09. The number of halogens is 3. The van der Waals surface area contributed by atoms with Gasteiger partial charge in [0.2, 0.25) is 0 Å². The van der Waals surface area contributed by atoms with Gasteiger partial charge in [-0.15, -0.1) is 0 Å². The Morgan fingerprint density at radius 1 is 1.02 bits per heavy atom. The summed E-state index contributed by atoms with van der Waals surface area (Å²) < 4.78 is 58.0. The van der Waals surface area contributed by atoms with E-state index in [0.29, 0.717) is 5.69 Å². The normalized spacial score (nSPS) is 14.5. The highest BCUT2D eigenvalue weighted by Crippen LogP contribution is 2.36. The lowest BCUT2D eigenvalue weighted by molar-refractivity contribution is -0.133. The Morgan fingerprint density at radius 3 is 2.42 bits per heavy atom. The number of nitrogens with zero attached hydrogens (tertiary/aromatic N) is 5. The molecule has 0 unspecified atom stereocenters. The molecule has 1 saturated heterocycles. The van der Waals surface area contributed by atoms with E-state index >= 15 is 0 Å². The first kappa shape index (κ1) is 27.7. The molecule has 0 N–H and O–H groups in total. The highest BCUT2D eigenvalue weighted by atomic mass is 19.4.